The molecule has 0 saturated heterocycles. The number of para-hydroxylation sites is 1. The van der Waals surface area contributed by atoms with Gasteiger partial charge >= 0.3 is 0 Å². The van der Waals surface area contributed by atoms with Gasteiger partial charge in [0.25, 0.3) is 5.91 Å². The normalized spacial score (nSPS) is 15.0. The smallest absolute Gasteiger partial charge is 0.269 e. The predicted molar refractivity (Wildman–Crippen MR) is 114 cm³/mol. The number of benzene rings is 1. The van der Waals surface area contributed by atoms with E-state index < -0.39 is 5.60 Å². The van der Waals surface area contributed by atoms with Crippen LogP contribution in [0.4, 0.5) is 5.82 Å². The number of likely N-dealkylation sites (N-methyl/N-ethyl adjacent to an activating group) is 1. The SMILES string of the molecule is Cc1c(CN(C)C(=O)C=Cc2cnc3c(c2)OC(C)(C)C(=O)N3)oc2ccccc12. The summed E-state index contributed by atoms with van der Waals surface area (Å²) in [6.45, 7) is 5.74. The number of amides is 2. The van der Waals surface area contributed by atoms with Crippen LogP contribution in [0.15, 0.2) is 47.0 Å². The largest absolute Gasteiger partial charge is 0.474 e. The van der Waals surface area contributed by atoms with Gasteiger partial charge in [-0.15, -0.1) is 0 Å². The molecule has 0 atom stereocenters. The number of hydrogen-bond donors (Lipinski definition) is 1. The summed E-state index contributed by atoms with van der Waals surface area (Å²) in [6.07, 6.45) is 4.73. The van der Waals surface area contributed by atoms with Gasteiger partial charge in [-0.1, -0.05) is 18.2 Å². The monoisotopic (exact) mass is 405 g/mol. The molecule has 4 rings (SSSR count). The number of aryl methyl sites for hydroxylation is 1. The van der Waals surface area contributed by atoms with Gasteiger partial charge in [-0.05, 0) is 44.5 Å². The van der Waals surface area contributed by atoms with Crippen molar-refractivity contribution >= 4 is 34.7 Å². The van der Waals surface area contributed by atoms with Gasteiger partial charge in [0.05, 0.1) is 6.54 Å². The van der Waals surface area contributed by atoms with Gasteiger partial charge < -0.3 is 19.4 Å². The first-order valence-electron chi connectivity index (χ1n) is 9.65. The zero-order valence-electron chi connectivity index (χ0n) is 17.4. The summed E-state index contributed by atoms with van der Waals surface area (Å²) in [5.41, 5.74) is 1.58. The summed E-state index contributed by atoms with van der Waals surface area (Å²) in [6, 6.07) is 9.57. The Balaban J connectivity index is 1.47. The molecule has 1 N–H and O–H groups in total. The molecular weight excluding hydrogens is 382 g/mol. The number of pyridine rings is 1. The summed E-state index contributed by atoms with van der Waals surface area (Å²) in [7, 11) is 1.73. The molecule has 2 amide bonds. The van der Waals surface area contributed by atoms with E-state index in [1.165, 1.54) is 6.08 Å². The Kier molecular flexibility index (Phi) is 4.81. The number of rotatable bonds is 4. The molecule has 0 radical (unpaired) electrons. The number of hydrogen-bond acceptors (Lipinski definition) is 5. The third-order valence-corrected chi connectivity index (χ3v) is 5.14. The minimum Gasteiger partial charge on any atom is -0.474 e. The van der Waals surface area contributed by atoms with Crippen molar-refractivity contribution < 1.29 is 18.7 Å². The van der Waals surface area contributed by atoms with E-state index in [0.29, 0.717) is 23.7 Å². The molecule has 2 aromatic heterocycles. The Morgan fingerprint density at radius 2 is 2.07 bits per heavy atom. The Morgan fingerprint density at radius 1 is 1.30 bits per heavy atom. The van der Waals surface area contributed by atoms with Crippen molar-refractivity contribution in [3.8, 4) is 5.75 Å². The molecule has 1 aliphatic heterocycles. The van der Waals surface area contributed by atoms with Crippen LogP contribution in [0.2, 0.25) is 0 Å². The van der Waals surface area contributed by atoms with Crippen LogP contribution in [0.1, 0.15) is 30.7 Å². The molecule has 0 fully saturated rings. The minimum atomic E-state index is -0.975. The van der Waals surface area contributed by atoms with Crippen molar-refractivity contribution in [2.24, 2.45) is 0 Å². The number of fused-ring (bicyclic) bond motifs is 2. The molecule has 3 heterocycles. The summed E-state index contributed by atoms with van der Waals surface area (Å²) in [5, 5.41) is 3.77. The average Bonchev–Trinajstić information content (AvgIpc) is 3.02. The molecule has 0 unspecified atom stereocenters. The number of anilines is 1. The molecule has 0 saturated carbocycles. The van der Waals surface area contributed by atoms with Gasteiger partial charge in [0, 0.05) is 30.3 Å². The number of carbonyl (C=O) groups is 2. The van der Waals surface area contributed by atoms with E-state index in [1.54, 1.807) is 44.1 Å². The summed E-state index contributed by atoms with van der Waals surface area (Å²) >= 11 is 0. The third kappa shape index (κ3) is 3.66. The van der Waals surface area contributed by atoms with Gasteiger partial charge in [0.15, 0.2) is 17.2 Å². The number of ether oxygens (including phenoxy) is 1. The maximum Gasteiger partial charge on any atom is 0.269 e. The van der Waals surface area contributed by atoms with Crippen molar-refractivity contribution in [3.05, 3.63) is 59.5 Å². The maximum absolute atomic E-state index is 12.6. The fraction of sp³-hybridized carbons (Fsp3) is 0.261. The van der Waals surface area contributed by atoms with Crippen LogP contribution < -0.4 is 10.1 Å². The predicted octanol–water partition coefficient (Wildman–Crippen LogP) is 3.92. The first kappa shape index (κ1) is 19.7. The Hall–Kier alpha value is -3.61. The summed E-state index contributed by atoms with van der Waals surface area (Å²) in [5.74, 6) is 1.20. The lowest BCUT2D eigenvalue weighted by atomic mass is 10.1. The number of nitrogens with one attached hydrogen (secondary N) is 1. The molecule has 0 spiro atoms. The second-order valence-corrected chi connectivity index (χ2v) is 7.86. The Bertz CT molecular complexity index is 1180. The Labute approximate surface area is 174 Å². The van der Waals surface area contributed by atoms with Gasteiger partial charge in [-0.25, -0.2) is 4.98 Å². The van der Waals surface area contributed by atoms with Crippen LogP contribution in [0.25, 0.3) is 17.0 Å². The van der Waals surface area contributed by atoms with E-state index in [9.17, 15) is 9.59 Å². The Morgan fingerprint density at radius 3 is 2.83 bits per heavy atom. The first-order chi connectivity index (χ1) is 14.2. The minimum absolute atomic E-state index is 0.165. The van der Waals surface area contributed by atoms with Crippen LogP contribution >= 0.6 is 0 Å². The van der Waals surface area contributed by atoms with Crippen molar-refractivity contribution in [1.29, 1.82) is 0 Å². The van der Waals surface area contributed by atoms with Gasteiger partial charge in [-0.3, -0.25) is 9.59 Å². The van der Waals surface area contributed by atoms with Crippen LogP contribution in [0, 0.1) is 6.92 Å². The molecule has 0 bridgehead atoms. The molecule has 1 aromatic carbocycles. The highest BCUT2D eigenvalue weighted by atomic mass is 16.5. The van der Waals surface area contributed by atoms with Crippen molar-refractivity contribution in [1.82, 2.24) is 9.88 Å². The molecule has 1 aliphatic rings. The molecule has 7 nitrogen and oxygen atoms in total. The number of carbonyl (C=O) groups excluding carboxylic acids is 2. The lowest BCUT2D eigenvalue weighted by Gasteiger charge is -2.30. The van der Waals surface area contributed by atoms with E-state index in [4.69, 9.17) is 9.15 Å². The van der Waals surface area contributed by atoms with Crippen molar-refractivity contribution in [3.63, 3.8) is 0 Å². The van der Waals surface area contributed by atoms with E-state index in [2.05, 4.69) is 10.3 Å². The van der Waals surface area contributed by atoms with E-state index >= 15 is 0 Å². The van der Waals surface area contributed by atoms with Crippen molar-refractivity contribution in [2.45, 2.75) is 32.9 Å². The van der Waals surface area contributed by atoms with Gasteiger partial charge in [-0.2, -0.15) is 0 Å². The number of furan rings is 1. The van der Waals surface area contributed by atoms with E-state index in [-0.39, 0.29) is 11.8 Å². The highest BCUT2D eigenvalue weighted by molar-refractivity contribution is 5.99. The summed E-state index contributed by atoms with van der Waals surface area (Å²) in [4.78, 5) is 30.3. The third-order valence-electron chi connectivity index (χ3n) is 5.14. The highest BCUT2D eigenvalue weighted by Crippen LogP contribution is 2.32. The second kappa shape index (κ2) is 7.33. The molecular formula is C23H23N3O4. The van der Waals surface area contributed by atoms with Crippen molar-refractivity contribution in [2.75, 3.05) is 12.4 Å². The lowest BCUT2D eigenvalue weighted by Crippen LogP contribution is -2.46. The topological polar surface area (TPSA) is 84.7 Å². The van der Waals surface area contributed by atoms with Crippen LogP contribution in [0.5, 0.6) is 5.75 Å². The quantitative estimate of drug-likeness (QED) is 0.665. The van der Waals surface area contributed by atoms with Crippen LogP contribution in [-0.2, 0) is 16.1 Å². The highest BCUT2D eigenvalue weighted by Gasteiger charge is 2.36. The average molecular weight is 405 g/mol. The molecule has 0 aliphatic carbocycles. The van der Waals surface area contributed by atoms with Crippen LogP contribution in [0.3, 0.4) is 0 Å². The first-order valence-corrected chi connectivity index (χ1v) is 9.65. The number of aromatic nitrogens is 1. The molecule has 7 heteroatoms. The standard InChI is InChI=1S/C23H23N3O4/c1-14-16-7-5-6-8-17(16)29-19(14)13-26(4)20(27)10-9-15-11-18-21(24-12-15)25-22(28)23(2,3)30-18/h5-12H,13H2,1-4H3,(H,24,25,28). The molecule has 3 aromatic rings. The van der Waals surface area contributed by atoms with Gasteiger partial charge in [0.2, 0.25) is 5.91 Å². The fourth-order valence-corrected chi connectivity index (χ4v) is 3.27. The lowest BCUT2D eigenvalue weighted by molar-refractivity contribution is -0.129. The number of nitrogens with zero attached hydrogens (tertiary/aromatic N) is 2. The van der Waals surface area contributed by atoms with E-state index in [0.717, 1.165) is 22.3 Å². The van der Waals surface area contributed by atoms with E-state index in [1.807, 2.05) is 31.2 Å². The fourth-order valence-electron chi connectivity index (χ4n) is 3.27. The summed E-state index contributed by atoms with van der Waals surface area (Å²) < 4.78 is 11.6. The zero-order valence-corrected chi connectivity index (χ0v) is 17.4. The zero-order chi connectivity index (χ0) is 21.5. The molecule has 154 valence electrons. The molecule has 30 heavy (non-hydrogen) atoms. The maximum atomic E-state index is 12.6. The second-order valence-electron chi connectivity index (χ2n) is 7.86. The van der Waals surface area contributed by atoms with Gasteiger partial charge in [0.1, 0.15) is 11.3 Å². The van der Waals surface area contributed by atoms with Crippen LogP contribution in [-0.4, -0.2) is 34.3 Å².